The Hall–Kier alpha value is -0.120. The van der Waals surface area contributed by atoms with Gasteiger partial charge in [-0.2, -0.15) is 0 Å². The van der Waals surface area contributed by atoms with Crippen LogP contribution in [0.5, 0.6) is 0 Å². The lowest BCUT2D eigenvalue weighted by atomic mass is 9.98. The third-order valence-corrected chi connectivity index (χ3v) is 4.50. The zero-order valence-corrected chi connectivity index (χ0v) is 13.4. The van der Waals surface area contributed by atoms with Crippen LogP contribution in [-0.4, -0.2) is 55.6 Å². The maximum absolute atomic E-state index is 5.71. The smallest absolute Gasteiger partial charge is 0.0110 e. The van der Waals surface area contributed by atoms with Gasteiger partial charge in [0, 0.05) is 39.3 Å². The molecule has 1 aliphatic rings. The van der Waals surface area contributed by atoms with E-state index in [0.717, 1.165) is 12.5 Å². The van der Waals surface area contributed by atoms with Gasteiger partial charge in [-0.25, -0.2) is 0 Å². The maximum atomic E-state index is 5.71. The predicted octanol–water partition coefficient (Wildman–Crippen LogP) is 2.42. The SMILES string of the molecule is CCCCC(CC)CN1CCN(CC(C)CN)CC1. The van der Waals surface area contributed by atoms with Crippen molar-refractivity contribution in [2.45, 2.75) is 46.5 Å². The van der Waals surface area contributed by atoms with Gasteiger partial charge in [-0.3, -0.25) is 0 Å². The van der Waals surface area contributed by atoms with Gasteiger partial charge in [-0.15, -0.1) is 0 Å². The average molecular weight is 269 g/mol. The predicted molar refractivity (Wildman–Crippen MR) is 84.4 cm³/mol. The zero-order valence-electron chi connectivity index (χ0n) is 13.4. The van der Waals surface area contributed by atoms with E-state index in [1.807, 2.05) is 0 Å². The first kappa shape index (κ1) is 16.9. The van der Waals surface area contributed by atoms with E-state index in [9.17, 15) is 0 Å². The van der Waals surface area contributed by atoms with E-state index in [4.69, 9.17) is 5.73 Å². The molecule has 0 aromatic carbocycles. The van der Waals surface area contributed by atoms with Crippen LogP contribution < -0.4 is 5.73 Å². The molecule has 19 heavy (non-hydrogen) atoms. The quantitative estimate of drug-likeness (QED) is 0.698. The Morgan fingerprint density at radius 2 is 1.58 bits per heavy atom. The van der Waals surface area contributed by atoms with E-state index in [1.165, 1.54) is 65.0 Å². The first-order chi connectivity index (χ1) is 9.19. The first-order valence-electron chi connectivity index (χ1n) is 8.34. The highest BCUT2D eigenvalue weighted by molar-refractivity contribution is 4.75. The molecule has 2 unspecified atom stereocenters. The molecule has 1 fully saturated rings. The highest BCUT2D eigenvalue weighted by Gasteiger charge is 2.20. The second-order valence-corrected chi connectivity index (χ2v) is 6.36. The first-order valence-corrected chi connectivity index (χ1v) is 8.34. The van der Waals surface area contributed by atoms with Gasteiger partial charge in [-0.05, 0) is 24.8 Å². The number of nitrogens with two attached hydrogens (primary N) is 1. The second-order valence-electron chi connectivity index (χ2n) is 6.36. The molecule has 114 valence electrons. The monoisotopic (exact) mass is 269 g/mol. The molecule has 0 saturated carbocycles. The number of hydrogen-bond donors (Lipinski definition) is 1. The van der Waals surface area contributed by atoms with Crippen molar-refractivity contribution in [3.8, 4) is 0 Å². The molecule has 2 N–H and O–H groups in total. The standard InChI is InChI=1S/C16H35N3/c1-4-6-7-16(5-2)14-19-10-8-18(9-11-19)13-15(3)12-17/h15-16H,4-14,17H2,1-3H3. The zero-order chi connectivity index (χ0) is 14.1. The molecule has 0 bridgehead atoms. The van der Waals surface area contributed by atoms with Crippen molar-refractivity contribution < 1.29 is 0 Å². The lowest BCUT2D eigenvalue weighted by molar-refractivity contribution is 0.105. The summed E-state index contributed by atoms with van der Waals surface area (Å²) in [6.07, 6.45) is 5.48. The molecular formula is C16H35N3. The van der Waals surface area contributed by atoms with Crippen molar-refractivity contribution in [3.05, 3.63) is 0 Å². The summed E-state index contributed by atoms with van der Waals surface area (Å²) in [6.45, 7) is 15.2. The van der Waals surface area contributed by atoms with Crippen LogP contribution in [0.15, 0.2) is 0 Å². The number of hydrogen-bond acceptors (Lipinski definition) is 3. The number of piperazine rings is 1. The van der Waals surface area contributed by atoms with Crippen LogP contribution in [0.1, 0.15) is 46.5 Å². The van der Waals surface area contributed by atoms with Gasteiger partial charge in [0.25, 0.3) is 0 Å². The number of rotatable bonds is 9. The Bertz CT molecular complexity index is 212. The van der Waals surface area contributed by atoms with Gasteiger partial charge in [0.15, 0.2) is 0 Å². The van der Waals surface area contributed by atoms with Gasteiger partial charge in [-0.1, -0.05) is 40.0 Å². The third-order valence-electron chi connectivity index (χ3n) is 4.50. The highest BCUT2D eigenvalue weighted by atomic mass is 15.3. The Balaban J connectivity index is 2.21. The van der Waals surface area contributed by atoms with E-state index in [0.29, 0.717) is 5.92 Å². The normalized spacial score (nSPS) is 21.5. The summed E-state index contributed by atoms with van der Waals surface area (Å²) < 4.78 is 0. The van der Waals surface area contributed by atoms with Gasteiger partial charge in [0.1, 0.15) is 0 Å². The second kappa shape index (κ2) is 9.73. The van der Waals surface area contributed by atoms with Crippen molar-refractivity contribution in [3.63, 3.8) is 0 Å². The highest BCUT2D eigenvalue weighted by Crippen LogP contribution is 2.15. The Kier molecular flexibility index (Phi) is 8.67. The summed E-state index contributed by atoms with van der Waals surface area (Å²) in [5.41, 5.74) is 5.71. The lowest BCUT2D eigenvalue weighted by Crippen LogP contribution is -2.49. The molecule has 3 nitrogen and oxygen atoms in total. The maximum Gasteiger partial charge on any atom is 0.0110 e. The summed E-state index contributed by atoms with van der Waals surface area (Å²) in [6, 6.07) is 0. The van der Waals surface area contributed by atoms with E-state index < -0.39 is 0 Å². The molecule has 0 amide bonds. The molecule has 1 saturated heterocycles. The van der Waals surface area contributed by atoms with Gasteiger partial charge >= 0.3 is 0 Å². The Labute approximate surface area is 120 Å². The molecule has 0 aliphatic carbocycles. The molecule has 1 rings (SSSR count). The van der Waals surface area contributed by atoms with Crippen molar-refractivity contribution >= 4 is 0 Å². The molecule has 0 aromatic heterocycles. The van der Waals surface area contributed by atoms with Crippen LogP contribution in [0, 0.1) is 11.8 Å². The van der Waals surface area contributed by atoms with Crippen molar-refractivity contribution in [2.75, 3.05) is 45.8 Å². The summed E-state index contributed by atoms with van der Waals surface area (Å²) in [7, 11) is 0. The van der Waals surface area contributed by atoms with Gasteiger partial charge < -0.3 is 15.5 Å². The lowest BCUT2D eigenvalue weighted by Gasteiger charge is -2.37. The molecule has 3 heteroatoms. The minimum Gasteiger partial charge on any atom is -0.330 e. The van der Waals surface area contributed by atoms with Crippen LogP contribution in [-0.2, 0) is 0 Å². The number of unbranched alkanes of at least 4 members (excludes halogenated alkanes) is 1. The summed E-state index contributed by atoms with van der Waals surface area (Å²) >= 11 is 0. The minimum absolute atomic E-state index is 0.638. The summed E-state index contributed by atoms with van der Waals surface area (Å²) in [4.78, 5) is 5.26. The molecule has 1 aliphatic heterocycles. The van der Waals surface area contributed by atoms with E-state index in [-0.39, 0.29) is 0 Å². The van der Waals surface area contributed by atoms with Crippen LogP contribution >= 0.6 is 0 Å². The molecular weight excluding hydrogens is 234 g/mol. The van der Waals surface area contributed by atoms with Gasteiger partial charge in [0.05, 0.1) is 0 Å². The largest absolute Gasteiger partial charge is 0.330 e. The van der Waals surface area contributed by atoms with Crippen molar-refractivity contribution in [1.29, 1.82) is 0 Å². The van der Waals surface area contributed by atoms with E-state index >= 15 is 0 Å². The van der Waals surface area contributed by atoms with Gasteiger partial charge in [0.2, 0.25) is 0 Å². The molecule has 2 atom stereocenters. The summed E-state index contributed by atoms with van der Waals surface area (Å²) in [5.74, 6) is 1.55. The summed E-state index contributed by atoms with van der Waals surface area (Å²) in [5, 5.41) is 0. The van der Waals surface area contributed by atoms with Crippen LogP contribution in [0.3, 0.4) is 0 Å². The average Bonchev–Trinajstić information content (AvgIpc) is 2.45. The fourth-order valence-corrected chi connectivity index (χ4v) is 2.95. The number of nitrogens with zero attached hydrogens (tertiary/aromatic N) is 2. The fourth-order valence-electron chi connectivity index (χ4n) is 2.95. The van der Waals surface area contributed by atoms with Crippen LogP contribution in [0.2, 0.25) is 0 Å². The fraction of sp³-hybridized carbons (Fsp3) is 1.00. The van der Waals surface area contributed by atoms with Crippen LogP contribution in [0.4, 0.5) is 0 Å². The Morgan fingerprint density at radius 1 is 1.00 bits per heavy atom. The van der Waals surface area contributed by atoms with E-state index in [1.54, 1.807) is 0 Å². The Morgan fingerprint density at radius 3 is 2.05 bits per heavy atom. The minimum atomic E-state index is 0.638. The molecule has 0 aromatic rings. The van der Waals surface area contributed by atoms with E-state index in [2.05, 4.69) is 30.6 Å². The van der Waals surface area contributed by atoms with Crippen molar-refractivity contribution in [2.24, 2.45) is 17.6 Å². The molecule has 1 heterocycles. The molecule has 0 spiro atoms. The van der Waals surface area contributed by atoms with Crippen LogP contribution in [0.25, 0.3) is 0 Å². The van der Waals surface area contributed by atoms with Crippen molar-refractivity contribution in [1.82, 2.24) is 9.80 Å². The third kappa shape index (κ3) is 6.73. The molecule has 0 radical (unpaired) electrons. The topological polar surface area (TPSA) is 32.5 Å².